The Bertz CT molecular complexity index is 1260. The SMILES string of the molecule is CCOCCCNC(=O)C(C#N)=Cc1c(Oc2ccccc2OC)nc2ccccn2c1=O. The van der Waals surface area contributed by atoms with Crippen molar-refractivity contribution in [2.24, 2.45) is 0 Å². The van der Waals surface area contributed by atoms with Gasteiger partial charge in [-0.05, 0) is 43.7 Å². The molecule has 0 unspecified atom stereocenters. The fraction of sp³-hybridized carbons (Fsp3) is 0.250. The first-order chi connectivity index (χ1) is 16.1. The monoisotopic (exact) mass is 448 g/mol. The van der Waals surface area contributed by atoms with Gasteiger partial charge in [-0.3, -0.25) is 14.0 Å². The minimum atomic E-state index is -0.602. The summed E-state index contributed by atoms with van der Waals surface area (Å²) in [5.41, 5.74) is -0.414. The van der Waals surface area contributed by atoms with E-state index in [1.807, 2.05) is 13.0 Å². The maximum atomic E-state index is 13.2. The number of rotatable bonds is 10. The Hall–Kier alpha value is -4.16. The third-order valence-electron chi connectivity index (χ3n) is 4.62. The van der Waals surface area contributed by atoms with Crippen LogP contribution in [-0.4, -0.2) is 42.2 Å². The van der Waals surface area contributed by atoms with Gasteiger partial charge in [-0.25, -0.2) is 0 Å². The summed E-state index contributed by atoms with van der Waals surface area (Å²) >= 11 is 0. The van der Waals surface area contributed by atoms with E-state index in [0.717, 1.165) is 0 Å². The predicted octanol–water partition coefficient (Wildman–Crippen LogP) is 2.95. The topological polar surface area (TPSA) is 115 Å². The summed E-state index contributed by atoms with van der Waals surface area (Å²) < 4.78 is 17.8. The van der Waals surface area contributed by atoms with Crippen molar-refractivity contribution in [3.05, 3.63) is 70.2 Å². The number of aromatic nitrogens is 2. The van der Waals surface area contributed by atoms with E-state index in [2.05, 4.69) is 10.3 Å². The molecule has 0 atom stereocenters. The number of hydrogen-bond donors (Lipinski definition) is 1. The van der Waals surface area contributed by atoms with Gasteiger partial charge in [0, 0.05) is 26.0 Å². The fourth-order valence-electron chi connectivity index (χ4n) is 3.00. The van der Waals surface area contributed by atoms with Gasteiger partial charge in [0.1, 0.15) is 22.9 Å². The molecule has 33 heavy (non-hydrogen) atoms. The molecular weight excluding hydrogens is 424 g/mol. The predicted molar refractivity (Wildman–Crippen MR) is 122 cm³/mol. The molecule has 1 N–H and O–H groups in total. The number of pyridine rings is 1. The van der Waals surface area contributed by atoms with Crippen LogP contribution in [0, 0.1) is 11.3 Å². The van der Waals surface area contributed by atoms with Crippen LogP contribution in [-0.2, 0) is 9.53 Å². The second-order valence-electron chi connectivity index (χ2n) is 6.79. The molecule has 3 aromatic rings. The van der Waals surface area contributed by atoms with E-state index >= 15 is 0 Å². The number of carbonyl (C=O) groups is 1. The van der Waals surface area contributed by atoms with Crippen molar-refractivity contribution < 1.29 is 19.0 Å². The van der Waals surface area contributed by atoms with E-state index in [0.29, 0.717) is 43.3 Å². The molecule has 170 valence electrons. The molecule has 2 heterocycles. The van der Waals surface area contributed by atoms with Crippen LogP contribution < -0.4 is 20.3 Å². The zero-order valence-corrected chi connectivity index (χ0v) is 18.4. The van der Waals surface area contributed by atoms with Crippen molar-refractivity contribution in [1.29, 1.82) is 5.26 Å². The first-order valence-electron chi connectivity index (χ1n) is 10.4. The van der Waals surface area contributed by atoms with Gasteiger partial charge in [-0.2, -0.15) is 10.2 Å². The highest BCUT2D eigenvalue weighted by molar-refractivity contribution is 6.01. The molecule has 0 saturated carbocycles. The van der Waals surface area contributed by atoms with Crippen LogP contribution in [0.25, 0.3) is 11.7 Å². The van der Waals surface area contributed by atoms with Crippen molar-refractivity contribution in [2.75, 3.05) is 26.9 Å². The molecule has 1 amide bonds. The number of nitrogens with zero attached hydrogens (tertiary/aromatic N) is 3. The van der Waals surface area contributed by atoms with Gasteiger partial charge >= 0.3 is 0 Å². The highest BCUT2D eigenvalue weighted by Gasteiger charge is 2.18. The lowest BCUT2D eigenvalue weighted by atomic mass is 10.1. The molecule has 3 rings (SSSR count). The number of nitriles is 1. The Balaban J connectivity index is 2.01. The average Bonchev–Trinajstić information content (AvgIpc) is 2.84. The third kappa shape index (κ3) is 5.75. The molecule has 0 aliphatic rings. The summed E-state index contributed by atoms with van der Waals surface area (Å²) in [6.07, 6.45) is 3.34. The molecule has 9 nitrogen and oxygen atoms in total. The normalized spacial score (nSPS) is 11.1. The Morgan fingerprint density at radius 2 is 1.97 bits per heavy atom. The maximum absolute atomic E-state index is 13.2. The largest absolute Gasteiger partial charge is 0.493 e. The number of nitrogens with one attached hydrogen (secondary N) is 1. The summed E-state index contributed by atoms with van der Waals surface area (Å²) in [5.74, 6) is 0.123. The number of amides is 1. The highest BCUT2D eigenvalue weighted by atomic mass is 16.5. The number of benzene rings is 1. The van der Waals surface area contributed by atoms with Gasteiger partial charge < -0.3 is 19.5 Å². The van der Waals surface area contributed by atoms with Gasteiger partial charge in [0.15, 0.2) is 11.5 Å². The first-order valence-corrected chi connectivity index (χ1v) is 10.4. The van der Waals surface area contributed by atoms with Crippen LogP contribution in [0.1, 0.15) is 18.9 Å². The molecule has 0 fully saturated rings. The van der Waals surface area contributed by atoms with Crippen molar-refractivity contribution in [3.8, 4) is 23.4 Å². The lowest BCUT2D eigenvalue weighted by molar-refractivity contribution is -0.117. The summed E-state index contributed by atoms with van der Waals surface area (Å²) in [7, 11) is 1.50. The number of para-hydroxylation sites is 2. The molecule has 0 bridgehead atoms. The van der Waals surface area contributed by atoms with E-state index in [1.165, 1.54) is 17.6 Å². The molecule has 0 aliphatic carbocycles. The number of hydrogen-bond acceptors (Lipinski definition) is 7. The van der Waals surface area contributed by atoms with E-state index in [4.69, 9.17) is 14.2 Å². The summed E-state index contributed by atoms with van der Waals surface area (Å²) in [6, 6.07) is 13.8. The van der Waals surface area contributed by atoms with Crippen LogP contribution in [0.15, 0.2) is 59.0 Å². The van der Waals surface area contributed by atoms with Gasteiger partial charge in [0.25, 0.3) is 11.5 Å². The molecule has 0 spiro atoms. The van der Waals surface area contributed by atoms with Crippen molar-refractivity contribution in [1.82, 2.24) is 14.7 Å². The molecular formula is C24H24N4O5. The minimum absolute atomic E-state index is 0.0365. The van der Waals surface area contributed by atoms with E-state index in [-0.39, 0.29) is 17.0 Å². The molecule has 2 aromatic heterocycles. The zero-order valence-electron chi connectivity index (χ0n) is 18.4. The smallest absolute Gasteiger partial charge is 0.269 e. The van der Waals surface area contributed by atoms with Crippen LogP contribution in [0.2, 0.25) is 0 Å². The summed E-state index contributed by atoms with van der Waals surface area (Å²) in [4.78, 5) is 30.2. The van der Waals surface area contributed by atoms with E-state index in [1.54, 1.807) is 48.7 Å². The fourth-order valence-corrected chi connectivity index (χ4v) is 3.00. The van der Waals surface area contributed by atoms with Gasteiger partial charge in [-0.1, -0.05) is 18.2 Å². The van der Waals surface area contributed by atoms with Crippen LogP contribution in [0.4, 0.5) is 0 Å². The Morgan fingerprint density at radius 1 is 1.21 bits per heavy atom. The summed E-state index contributed by atoms with van der Waals surface area (Å²) in [5, 5.41) is 12.2. The lowest BCUT2D eigenvalue weighted by Gasteiger charge is -2.12. The standard InChI is InChI=1S/C24H24N4O5/c1-3-32-14-8-12-26-22(29)17(16-25)15-18-23(33-20-10-5-4-9-19(20)31-2)27-21-11-6-7-13-28(21)24(18)30/h4-7,9-11,13,15H,3,8,12,14H2,1-2H3,(H,26,29). The van der Waals surface area contributed by atoms with Crippen LogP contribution in [0.3, 0.4) is 0 Å². The van der Waals surface area contributed by atoms with Gasteiger partial charge in [-0.15, -0.1) is 0 Å². The average molecular weight is 448 g/mol. The lowest BCUT2D eigenvalue weighted by Crippen LogP contribution is -2.27. The van der Waals surface area contributed by atoms with E-state index < -0.39 is 11.5 Å². The van der Waals surface area contributed by atoms with Crippen LogP contribution in [0.5, 0.6) is 17.4 Å². The quantitative estimate of drug-likeness (QED) is 0.288. The van der Waals surface area contributed by atoms with Gasteiger partial charge in [0.2, 0.25) is 5.88 Å². The maximum Gasteiger partial charge on any atom is 0.269 e. The second-order valence-corrected chi connectivity index (χ2v) is 6.79. The number of ether oxygens (including phenoxy) is 3. The number of carbonyl (C=O) groups excluding carboxylic acids is 1. The molecule has 0 aliphatic heterocycles. The number of fused-ring (bicyclic) bond motifs is 1. The van der Waals surface area contributed by atoms with Crippen molar-refractivity contribution in [2.45, 2.75) is 13.3 Å². The Morgan fingerprint density at radius 3 is 2.70 bits per heavy atom. The summed E-state index contributed by atoms with van der Waals surface area (Å²) in [6.45, 7) is 3.30. The first kappa shape index (κ1) is 23.5. The zero-order chi connectivity index (χ0) is 23.6. The molecule has 9 heteroatoms. The van der Waals surface area contributed by atoms with Crippen LogP contribution >= 0.6 is 0 Å². The molecule has 0 radical (unpaired) electrons. The third-order valence-corrected chi connectivity index (χ3v) is 4.62. The van der Waals surface area contributed by atoms with Gasteiger partial charge in [0.05, 0.1) is 7.11 Å². The van der Waals surface area contributed by atoms with Crippen molar-refractivity contribution >= 4 is 17.6 Å². The Kier molecular flexibility index (Phi) is 8.16. The molecule has 1 aromatic carbocycles. The van der Waals surface area contributed by atoms with E-state index in [9.17, 15) is 14.9 Å². The molecule has 0 saturated heterocycles. The second kappa shape index (κ2) is 11.5. The minimum Gasteiger partial charge on any atom is -0.493 e. The van der Waals surface area contributed by atoms with Crippen molar-refractivity contribution in [3.63, 3.8) is 0 Å². The highest BCUT2D eigenvalue weighted by Crippen LogP contribution is 2.31. The number of methoxy groups -OCH3 is 1. The Labute approximate surface area is 190 Å².